The zero-order valence-corrected chi connectivity index (χ0v) is 14.2. The maximum Gasteiger partial charge on any atom is 0.269 e. The number of anilines is 1. The first-order valence-corrected chi connectivity index (χ1v) is 7.79. The molecule has 25 heavy (non-hydrogen) atoms. The second kappa shape index (κ2) is 6.36. The first kappa shape index (κ1) is 16.6. The zero-order valence-electron chi connectivity index (χ0n) is 14.2. The Hall–Kier alpha value is -3.21. The number of nitrogens with zero attached hydrogens (tertiary/aromatic N) is 1. The van der Waals surface area contributed by atoms with Crippen molar-refractivity contribution >= 4 is 34.6 Å². The van der Waals surface area contributed by atoms with Crippen LogP contribution in [0.15, 0.2) is 48.5 Å². The van der Waals surface area contributed by atoms with Gasteiger partial charge < -0.3 is 4.74 Å². The van der Waals surface area contributed by atoms with Crippen molar-refractivity contribution in [3.05, 3.63) is 65.2 Å². The Kier molecular flexibility index (Phi) is 4.23. The molecule has 0 saturated heterocycles. The second-order valence-corrected chi connectivity index (χ2v) is 5.72. The van der Waals surface area contributed by atoms with E-state index in [2.05, 4.69) is 0 Å². The topological polar surface area (TPSA) is 63.7 Å². The third-order valence-corrected chi connectivity index (χ3v) is 4.11. The van der Waals surface area contributed by atoms with E-state index in [4.69, 9.17) is 4.74 Å². The smallest absolute Gasteiger partial charge is 0.269 e. The van der Waals surface area contributed by atoms with Gasteiger partial charge in [-0.15, -0.1) is 0 Å². The highest BCUT2D eigenvalue weighted by atomic mass is 16.5. The minimum Gasteiger partial charge on any atom is -0.495 e. The van der Waals surface area contributed by atoms with Gasteiger partial charge in [-0.2, -0.15) is 0 Å². The van der Waals surface area contributed by atoms with E-state index in [-0.39, 0.29) is 5.78 Å². The van der Waals surface area contributed by atoms with Gasteiger partial charge in [0, 0.05) is 23.6 Å². The normalized spacial score (nSPS) is 15.0. The first-order chi connectivity index (χ1) is 12.0. The molecule has 2 aromatic rings. The van der Waals surface area contributed by atoms with Crippen LogP contribution in [0.3, 0.4) is 0 Å². The van der Waals surface area contributed by atoms with Crippen LogP contribution in [-0.2, 0) is 14.3 Å². The van der Waals surface area contributed by atoms with E-state index >= 15 is 0 Å². The number of amides is 2. The largest absolute Gasteiger partial charge is 0.495 e. The summed E-state index contributed by atoms with van der Waals surface area (Å²) in [6.45, 7) is 2.76. The molecule has 1 aliphatic rings. The van der Waals surface area contributed by atoms with E-state index < -0.39 is 11.8 Å². The number of carbonyl (C=O) groups excluding carboxylic acids is 3. The average Bonchev–Trinajstić information content (AvgIpc) is 2.88. The van der Waals surface area contributed by atoms with Gasteiger partial charge in [0.15, 0.2) is 5.78 Å². The van der Waals surface area contributed by atoms with E-state index in [1.54, 1.807) is 18.2 Å². The van der Waals surface area contributed by atoms with Gasteiger partial charge in [-0.3, -0.25) is 14.4 Å². The van der Waals surface area contributed by atoms with Crippen LogP contribution in [0.2, 0.25) is 0 Å². The summed E-state index contributed by atoms with van der Waals surface area (Å²) in [5, 5.41) is 0. The number of methoxy groups -OCH3 is 1. The molecule has 3 rings (SSSR count). The molecule has 0 atom stereocenters. The van der Waals surface area contributed by atoms with Crippen LogP contribution < -0.4 is 4.90 Å². The quantitative estimate of drug-likeness (QED) is 0.490. The summed E-state index contributed by atoms with van der Waals surface area (Å²) in [7, 11) is 1.49. The minimum absolute atomic E-state index is 0.133. The molecule has 0 unspecified atom stereocenters. The van der Waals surface area contributed by atoms with Crippen LogP contribution in [0.25, 0.3) is 11.3 Å². The number of benzene rings is 2. The highest BCUT2D eigenvalue weighted by Gasteiger charge is 2.38. The molecule has 2 amide bonds. The predicted octanol–water partition coefficient (Wildman–Crippen LogP) is 3.30. The number of carbonyl (C=O) groups is 3. The molecule has 1 aliphatic heterocycles. The fourth-order valence-corrected chi connectivity index (χ4v) is 2.97. The predicted molar refractivity (Wildman–Crippen MR) is 94.9 cm³/mol. The molecule has 0 aliphatic carbocycles. The maximum absolute atomic E-state index is 12.9. The molecule has 0 spiro atoms. The first-order valence-electron chi connectivity index (χ1n) is 7.79. The summed E-state index contributed by atoms with van der Waals surface area (Å²) in [5.74, 6) is -0.605. The van der Waals surface area contributed by atoms with Gasteiger partial charge >= 0.3 is 0 Å². The van der Waals surface area contributed by atoms with Crippen molar-refractivity contribution in [2.45, 2.75) is 13.8 Å². The van der Waals surface area contributed by atoms with Crippen molar-refractivity contribution in [2.75, 3.05) is 12.0 Å². The van der Waals surface area contributed by atoms with Gasteiger partial charge in [0.2, 0.25) is 5.91 Å². The molecule has 5 nitrogen and oxygen atoms in total. The number of hydrogen-bond donors (Lipinski definition) is 0. The van der Waals surface area contributed by atoms with Gasteiger partial charge in [0.1, 0.15) is 5.76 Å². The van der Waals surface area contributed by atoms with Crippen LogP contribution in [0.4, 0.5) is 5.69 Å². The lowest BCUT2D eigenvalue weighted by Crippen LogP contribution is -2.31. The lowest BCUT2D eigenvalue weighted by Gasteiger charge is -2.13. The van der Waals surface area contributed by atoms with Crippen molar-refractivity contribution in [1.29, 1.82) is 0 Å². The number of ether oxygens (including phenoxy) is 1. The van der Waals surface area contributed by atoms with E-state index in [0.29, 0.717) is 28.1 Å². The van der Waals surface area contributed by atoms with Crippen LogP contribution in [0, 0.1) is 0 Å². The summed E-state index contributed by atoms with van der Waals surface area (Å²) in [5.41, 5.74) is 2.48. The molecule has 0 aromatic heterocycles. The third-order valence-electron chi connectivity index (χ3n) is 4.11. The number of Topliss-reactive ketones (excluding diaryl/α,β-unsaturated/α-hetero) is 1. The number of imide groups is 1. The summed E-state index contributed by atoms with van der Waals surface area (Å²) in [6, 6.07) is 14.1. The number of fused-ring (bicyclic) bond motifs is 1. The summed E-state index contributed by atoms with van der Waals surface area (Å²) >= 11 is 0. The molecular weight excluding hydrogens is 318 g/mol. The Morgan fingerprint density at radius 1 is 0.960 bits per heavy atom. The lowest BCUT2D eigenvalue weighted by atomic mass is 10.00. The standard InChI is InChI=1S/C20H17NO4/c1-12(22)15-9-10-16-17(11-15)21(13(2)23)20(24)18(16)19(25-3)14-7-5-4-6-8-14/h4-11H,1-3H3/b19-18+. The van der Waals surface area contributed by atoms with E-state index in [1.807, 2.05) is 30.3 Å². The Morgan fingerprint density at radius 3 is 2.20 bits per heavy atom. The summed E-state index contributed by atoms with van der Waals surface area (Å²) in [6.07, 6.45) is 0. The van der Waals surface area contributed by atoms with Gasteiger partial charge in [-0.05, 0) is 13.0 Å². The van der Waals surface area contributed by atoms with Gasteiger partial charge in [0.25, 0.3) is 5.91 Å². The molecule has 126 valence electrons. The fourth-order valence-electron chi connectivity index (χ4n) is 2.97. The molecule has 0 N–H and O–H groups in total. The highest BCUT2D eigenvalue weighted by molar-refractivity contribution is 6.43. The summed E-state index contributed by atoms with van der Waals surface area (Å²) < 4.78 is 5.51. The molecule has 5 heteroatoms. The van der Waals surface area contributed by atoms with E-state index in [9.17, 15) is 14.4 Å². The Balaban J connectivity index is 2.30. The summed E-state index contributed by atoms with van der Waals surface area (Å²) in [4.78, 5) is 37.7. The monoisotopic (exact) mass is 335 g/mol. The molecule has 2 aromatic carbocycles. The maximum atomic E-state index is 12.9. The van der Waals surface area contributed by atoms with Crippen LogP contribution in [-0.4, -0.2) is 24.7 Å². The molecule has 0 fully saturated rings. The molecule has 0 saturated carbocycles. The average molecular weight is 335 g/mol. The van der Waals surface area contributed by atoms with Crippen LogP contribution >= 0.6 is 0 Å². The van der Waals surface area contributed by atoms with Crippen molar-refractivity contribution in [3.8, 4) is 0 Å². The zero-order chi connectivity index (χ0) is 18.1. The number of ketones is 1. The van der Waals surface area contributed by atoms with Crippen LogP contribution in [0.5, 0.6) is 0 Å². The third kappa shape index (κ3) is 2.74. The van der Waals surface area contributed by atoms with Gasteiger partial charge in [-0.1, -0.05) is 42.5 Å². The van der Waals surface area contributed by atoms with Crippen molar-refractivity contribution in [1.82, 2.24) is 0 Å². The fraction of sp³-hybridized carbons (Fsp3) is 0.150. The van der Waals surface area contributed by atoms with Crippen molar-refractivity contribution < 1.29 is 19.1 Å². The van der Waals surface area contributed by atoms with E-state index in [0.717, 1.165) is 10.5 Å². The lowest BCUT2D eigenvalue weighted by molar-refractivity contribution is -0.122. The van der Waals surface area contributed by atoms with E-state index in [1.165, 1.54) is 21.0 Å². The SMILES string of the molecule is CO/C(=C1/C(=O)N(C(C)=O)c2cc(C(C)=O)ccc21)c1ccccc1. The Morgan fingerprint density at radius 2 is 1.64 bits per heavy atom. The number of rotatable bonds is 3. The number of hydrogen-bond acceptors (Lipinski definition) is 4. The molecule has 0 radical (unpaired) electrons. The molecule has 1 heterocycles. The van der Waals surface area contributed by atoms with Gasteiger partial charge in [0.05, 0.1) is 18.4 Å². The molecular formula is C20H17NO4. The van der Waals surface area contributed by atoms with Gasteiger partial charge in [-0.25, -0.2) is 4.90 Å². The van der Waals surface area contributed by atoms with Crippen molar-refractivity contribution in [2.24, 2.45) is 0 Å². The van der Waals surface area contributed by atoms with Crippen molar-refractivity contribution in [3.63, 3.8) is 0 Å². The molecule has 0 bridgehead atoms. The highest BCUT2D eigenvalue weighted by Crippen LogP contribution is 2.41. The van der Waals surface area contributed by atoms with Crippen LogP contribution in [0.1, 0.15) is 35.3 Å². The minimum atomic E-state index is -0.455. The second-order valence-electron chi connectivity index (χ2n) is 5.72. The Labute approximate surface area is 145 Å². The Bertz CT molecular complexity index is 913.